The molecule has 2 aliphatic carbocycles. The van der Waals surface area contributed by atoms with Gasteiger partial charge in [-0.25, -0.2) is 0 Å². The predicted octanol–water partition coefficient (Wildman–Crippen LogP) is 3.04. The maximum atomic E-state index is 10.5. The Morgan fingerprint density at radius 2 is 1.75 bits per heavy atom. The highest BCUT2D eigenvalue weighted by Gasteiger charge is 2.53. The molecule has 3 rings (SSSR count). The van der Waals surface area contributed by atoms with Crippen LogP contribution in [0.3, 0.4) is 0 Å². The van der Waals surface area contributed by atoms with Crippen molar-refractivity contribution in [2.75, 3.05) is 14.2 Å². The lowest BCUT2D eigenvalue weighted by atomic mass is 10.0. The molecule has 2 aliphatic rings. The van der Waals surface area contributed by atoms with Gasteiger partial charge in [-0.05, 0) is 54.7 Å². The van der Waals surface area contributed by atoms with Gasteiger partial charge in [0.05, 0.1) is 20.3 Å². The van der Waals surface area contributed by atoms with Crippen LogP contribution >= 0.6 is 0 Å². The number of fused-ring (bicyclic) bond motifs is 1. The molecule has 0 saturated heterocycles. The van der Waals surface area contributed by atoms with Gasteiger partial charge in [0, 0.05) is 0 Å². The fourth-order valence-corrected chi connectivity index (χ4v) is 4.00. The summed E-state index contributed by atoms with van der Waals surface area (Å²) in [6, 6.07) is 5.92. The molecule has 3 heteroatoms. The molecule has 3 atom stereocenters. The fraction of sp³-hybridized carbons (Fsp3) is 0.647. The first-order valence-corrected chi connectivity index (χ1v) is 7.63. The SMILES string of the molecule is COc1ccc(CC(O)C2C3CCCCC32)cc1OC. The summed E-state index contributed by atoms with van der Waals surface area (Å²) in [5, 5.41) is 10.5. The van der Waals surface area contributed by atoms with Crippen LogP contribution < -0.4 is 9.47 Å². The van der Waals surface area contributed by atoms with Crippen molar-refractivity contribution in [1.29, 1.82) is 0 Å². The third-order valence-corrected chi connectivity index (χ3v) is 5.06. The Hall–Kier alpha value is -1.22. The van der Waals surface area contributed by atoms with E-state index in [0.29, 0.717) is 5.92 Å². The highest BCUT2D eigenvalue weighted by molar-refractivity contribution is 5.43. The summed E-state index contributed by atoms with van der Waals surface area (Å²) in [6.45, 7) is 0. The minimum absolute atomic E-state index is 0.207. The summed E-state index contributed by atoms with van der Waals surface area (Å²) >= 11 is 0. The van der Waals surface area contributed by atoms with Crippen LogP contribution in [0.2, 0.25) is 0 Å². The molecule has 0 bridgehead atoms. The predicted molar refractivity (Wildman–Crippen MR) is 78.2 cm³/mol. The van der Waals surface area contributed by atoms with E-state index in [4.69, 9.17) is 9.47 Å². The Morgan fingerprint density at radius 1 is 1.10 bits per heavy atom. The molecule has 0 aromatic heterocycles. The van der Waals surface area contributed by atoms with Gasteiger partial charge in [0.2, 0.25) is 0 Å². The summed E-state index contributed by atoms with van der Waals surface area (Å²) < 4.78 is 10.6. The molecule has 2 saturated carbocycles. The number of ether oxygens (including phenoxy) is 2. The van der Waals surface area contributed by atoms with Crippen LogP contribution in [0, 0.1) is 17.8 Å². The normalized spacial score (nSPS) is 29.4. The van der Waals surface area contributed by atoms with E-state index in [1.165, 1.54) is 25.7 Å². The lowest BCUT2D eigenvalue weighted by Gasteiger charge is -2.13. The molecule has 0 spiro atoms. The first-order chi connectivity index (χ1) is 9.74. The van der Waals surface area contributed by atoms with Crippen molar-refractivity contribution in [1.82, 2.24) is 0 Å². The zero-order valence-corrected chi connectivity index (χ0v) is 12.3. The quantitative estimate of drug-likeness (QED) is 0.898. The number of aliphatic hydroxyl groups is 1. The minimum atomic E-state index is -0.207. The van der Waals surface area contributed by atoms with Crippen molar-refractivity contribution in [3.05, 3.63) is 23.8 Å². The molecule has 0 radical (unpaired) electrons. The Bertz CT molecular complexity index is 459. The van der Waals surface area contributed by atoms with Gasteiger partial charge in [-0.3, -0.25) is 0 Å². The summed E-state index contributed by atoms with van der Waals surface area (Å²) in [4.78, 5) is 0. The van der Waals surface area contributed by atoms with E-state index in [2.05, 4.69) is 0 Å². The van der Waals surface area contributed by atoms with Crippen LogP contribution in [0.15, 0.2) is 18.2 Å². The lowest BCUT2D eigenvalue weighted by molar-refractivity contribution is 0.140. The van der Waals surface area contributed by atoms with E-state index in [-0.39, 0.29) is 6.10 Å². The van der Waals surface area contributed by atoms with E-state index in [1.54, 1.807) is 14.2 Å². The highest BCUT2D eigenvalue weighted by Crippen LogP contribution is 2.57. The molecule has 3 nitrogen and oxygen atoms in total. The summed E-state index contributed by atoms with van der Waals surface area (Å²) in [6.07, 6.45) is 5.84. The summed E-state index contributed by atoms with van der Waals surface area (Å²) in [7, 11) is 3.29. The van der Waals surface area contributed by atoms with Gasteiger partial charge >= 0.3 is 0 Å². The van der Waals surface area contributed by atoms with Gasteiger partial charge in [-0.15, -0.1) is 0 Å². The molecule has 0 heterocycles. The molecule has 0 aliphatic heterocycles. The Balaban J connectivity index is 1.65. The van der Waals surface area contributed by atoms with E-state index in [9.17, 15) is 5.11 Å². The fourth-order valence-electron chi connectivity index (χ4n) is 4.00. The first-order valence-electron chi connectivity index (χ1n) is 7.63. The van der Waals surface area contributed by atoms with E-state index in [0.717, 1.165) is 35.3 Å². The second-order valence-electron chi connectivity index (χ2n) is 6.15. The minimum Gasteiger partial charge on any atom is -0.493 e. The summed E-state index contributed by atoms with van der Waals surface area (Å²) in [5.41, 5.74) is 1.12. The second-order valence-corrected chi connectivity index (χ2v) is 6.15. The van der Waals surface area contributed by atoms with Gasteiger partial charge < -0.3 is 14.6 Å². The molecule has 1 aromatic rings. The average molecular weight is 276 g/mol. The number of aliphatic hydroxyl groups excluding tert-OH is 1. The molecular formula is C17H24O3. The maximum absolute atomic E-state index is 10.5. The molecular weight excluding hydrogens is 252 g/mol. The van der Waals surface area contributed by atoms with E-state index >= 15 is 0 Å². The molecule has 3 unspecified atom stereocenters. The maximum Gasteiger partial charge on any atom is 0.160 e. The highest BCUT2D eigenvalue weighted by atomic mass is 16.5. The van der Waals surface area contributed by atoms with Gasteiger partial charge in [-0.1, -0.05) is 18.9 Å². The van der Waals surface area contributed by atoms with Crippen molar-refractivity contribution in [2.45, 2.75) is 38.2 Å². The van der Waals surface area contributed by atoms with Crippen molar-refractivity contribution in [2.24, 2.45) is 17.8 Å². The molecule has 2 fully saturated rings. The zero-order valence-electron chi connectivity index (χ0n) is 12.3. The Morgan fingerprint density at radius 3 is 2.35 bits per heavy atom. The average Bonchev–Trinajstić information content (AvgIpc) is 3.21. The monoisotopic (exact) mass is 276 g/mol. The van der Waals surface area contributed by atoms with Gasteiger partial charge in [0.1, 0.15) is 0 Å². The van der Waals surface area contributed by atoms with Crippen LogP contribution in [0.5, 0.6) is 11.5 Å². The molecule has 0 amide bonds. The number of benzene rings is 1. The number of methoxy groups -OCH3 is 2. The van der Waals surface area contributed by atoms with E-state index < -0.39 is 0 Å². The third-order valence-electron chi connectivity index (χ3n) is 5.06. The molecule has 20 heavy (non-hydrogen) atoms. The van der Waals surface area contributed by atoms with Crippen molar-refractivity contribution < 1.29 is 14.6 Å². The van der Waals surface area contributed by atoms with Gasteiger partial charge in [-0.2, -0.15) is 0 Å². The Labute approximate surface area is 120 Å². The van der Waals surface area contributed by atoms with Crippen LogP contribution in [0.4, 0.5) is 0 Å². The Kier molecular flexibility index (Phi) is 3.88. The molecule has 110 valence electrons. The molecule has 1 N–H and O–H groups in total. The zero-order chi connectivity index (χ0) is 14.1. The van der Waals surface area contributed by atoms with Gasteiger partial charge in [0.25, 0.3) is 0 Å². The smallest absolute Gasteiger partial charge is 0.160 e. The standard InChI is InChI=1S/C17H24O3/c1-19-15-8-7-11(10-16(15)20-2)9-14(18)17-12-5-3-4-6-13(12)17/h7-8,10,12-14,17-18H,3-6,9H2,1-2H3. The number of hydrogen-bond acceptors (Lipinski definition) is 3. The van der Waals surface area contributed by atoms with Crippen LogP contribution in [-0.2, 0) is 6.42 Å². The topological polar surface area (TPSA) is 38.7 Å². The number of hydrogen-bond donors (Lipinski definition) is 1. The second kappa shape index (κ2) is 5.65. The third kappa shape index (κ3) is 2.51. The van der Waals surface area contributed by atoms with Crippen molar-refractivity contribution in [3.8, 4) is 11.5 Å². The number of rotatable bonds is 5. The van der Waals surface area contributed by atoms with Crippen LogP contribution in [0.25, 0.3) is 0 Å². The largest absolute Gasteiger partial charge is 0.493 e. The van der Waals surface area contributed by atoms with Crippen molar-refractivity contribution >= 4 is 0 Å². The molecule has 1 aromatic carbocycles. The lowest BCUT2D eigenvalue weighted by Crippen LogP contribution is -2.15. The summed E-state index contributed by atoms with van der Waals surface area (Å²) in [5.74, 6) is 3.60. The van der Waals surface area contributed by atoms with Crippen molar-refractivity contribution in [3.63, 3.8) is 0 Å². The first kappa shape index (κ1) is 13.7. The van der Waals surface area contributed by atoms with Crippen LogP contribution in [0.1, 0.15) is 31.2 Å². The van der Waals surface area contributed by atoms with Gasteiger partial charge in [0.15, 0.2) is 11.5 Å². The van der Waals surface area contributed by atoms with Crippen LogP contribution in [-0.4, -0.2) is 25.4 Å². The van der Waals surface area contributed by atoms with E-state index in [1.807, 2.05) is 18.2 Å².